The maximum absolute atomic E-state index is 12.4. The molecular formula is C16H26O. The van der Waals surface area contributed by atoms with Crippen LogP contribution in [-0.2, 0) is 4.79 Å². The first-order chi connectivity index (χ1) is 7.94. The lowest BCUT2D eigenvalue weighted by Gasteiger charge is -2.64. The third-order valence-corrected chi connectivity index (χ3v) is 5.91. The Morgan fingerprint density at radius 3 is 2.53 bits per heavy atom. The third kappa shape index (κ3) is 1.61. The number of carbonyl (C=O) groups excluding carboxylic acids is 1. The van der Waals surface area contributed by atoms with E-state index in [1.807, 2.05) is 0 Å². The Bertz CT molecular complexity index is 343. The fraction of sp³-hybridized carbons (Fsp3) is 0.938. The van der Waals surface area contributed by atoms with Crippen LogP contribution in [0, 0.1) is 28.6 Å². The van der Waals surface area contributed by atoms with Crippen LogP contribution < -0.4 is 0 Å². The molecule has 3 saturated carbocycles. The molecule has 0 bridgehead atoms. The molecule has 0 heterocycles. The van der Waals surface area contributed by atoms with Crippen LogP contribution in [0.1, 0.15) is 65.7 Å². The predicted octanol–water partition coefficient (Wildman–Crippen LogP) is 4.21. The molecule has 4 unspecified atom stereocenters. The van der Waals surface area contributed by atoms with Crippen LogP contribution in [0.15, 0.2) is 0 Å². The summed E-state index contributed by atoms with van der Waals surface area (Å²) in [5.74, 6) is 2.63. The van der Waals surface area contributed by atoms with Crippen molar-refractivity contribution in [2.24, 2.45) is 28.6 Å². The molecule has 0 aromatic rings. The van der Waals surface area contributed by atoms with Gasteiger partial charge in [0, 0.05) is 12.3 Å². The molecule has 0 aromatic carbocycles. The zero-order valence-corrected chi connectivity index (χ0v) is 11.6. The van der Waals surface area contributed by atoms with Crippen LogP contribution in [0.3, 0.4) is 0 Å². The number of hydrogen-bond donors (Lipinski definition) is 0. The Hall–Kier alpha value is -0.330. The first kappa shape index (κ1) is 11.7. The second-order valence-corrected chi connectivity index (χ2v) is 7.88. The minimum Gasteiger partial charge on any atom is -0.299 e. The van der Waals surface area contributed by atoms with Gasteiger partial charge in [0.15, 0.2) is 0 Å². The SMILES string of the molecule is CC1(C)CC(=O)C2C3CCCCCC3C2(C)C1. The monoisotopic (exact) mass is 234 g/mol. The van der Waals surface area contributed by atoms with Crippen molar-refractivity contribution >= 4 is 5.78 Å². The number of carbonyl (C=O) groups is 1. The number of ketones is 1. The van der Waals surface area contributed by atoms with E-state index in [4.69, 9.17) is 0 Å². The largest absolute Gasteiger partial charge is 0.299 e. The molecule has 0 N–H and O–H groups in total. The van der Waals surface area contributed by atoms with E-state index in [1.54, 1.807) is 0 Å². The predicted molar refractivity (Wildman–Crippen MR) is 69.7 cm³/mol. The smallest absolute Gasteiger partial charge is 0.137 e. The molecule has 0 saturated heterocycles. The van der Waals surface area contributed by atoms with Crippen LogP contribution in [0.5, 0.6) is 0 Å². The fourth-order valence-electron chi connectivity index (χ4n) is 5.68. The summed E-state index contributed by atoms with van der Waals surface area (Å²) >= 11 is 0. The molecule has 1 heteroatoms. The lowest BCUT2D eigenvalue weighted by atomic mass is 9.39. The van der Waals surface area contributed by atoms with Gasteiger partial charge in [-0.25, -0.2) is 0 Å². The molecule has 0 amide bonds. The van der Waals surface area contributed by atoms with E-state index >= 15 is 0 Å². The molecule has 0 spiro atoms. The average molecular weight is 234 g/mol. The van der Waals surface area contributed by atoms with Crippen LogP contribution in [-0.4, -0.2) is 5.78 Å². The lowest BCUT2D eigenvalue weighted by molar-refractivity contribution is -0.181. The Labute approximate surface area is 105 Å². The van der Waals surface area contributed by atoms with Crippen molar-refractivity contribution in [3.63, 3.8) is 0 Å². The van der Waals surface area contributed by atoms with Crippen molar-refractivity contribution in [3.05, 3.63) is 0 Å². The van der Waals surface area contributed by atoms with Gasteiger partial charge in [-0.1, -0.05) is 40.0 Å². The van der Waals surface area contributed by atoms with E-state index in [2.05, 4.69) is 20.8 Å². The first-order valence-corrected chi connectivity index (χ1v) is 7.47. The zero-order valence-electron chi connectivity index (χ0n) is 11.6. The standard InChI is InChI=1S/C16H26O/c1-15(2)9-13(17)14-11-7-5-4-6-8-12(11)16(14,3)10-15/h11-12,14H,4-10H2,1-3H3. The van der Waals surface area contributed by atoms with Gasteiger partial charge in [0.2, 0.25) is 0 Å². The van der Waals surface area contributed by atoms with Gasteiger partial charge in [0.25, 0.3) is 0 Å². The zero-order chi connectivity index (χ0) is 12.3. The van der Waals surface area contributed by atoms with Crippen LogP contribution in [0.4, 0.5) is 0 Å². The van der Waals surface area contributed by atoms with Crippen molar-refractivity contribution in [1.29, 1.82) is 0 Å². The highest BCUT2D eigenvalue weighted by atomic mass is 16.1. The van der Waals surface area contributed by atoms with Crippen LogP contribution >= 0.6 is 0 Å². The van der Waals surface area contributed by atoms with Gasteiger partial charge in [-0.3, -0.25) is 4.79 Å². The van der Waals surface area contributed by atoms with E-state index in [9.17, 15) is 4.79 Å². The second kappa shape index (κ2) is 3.59. The summed E-state index contributed by atoms with van der Waals surface area (Å²) in [7, 11) is 0. The van der Waals surface area contributed by atoms with Crippen molar-refractivity contribution < 1.29 is 4.79 Å². The molecule has 1 nitrogen and oxygen atoms in total. The normalized spacial score (nSPS) is 48.6. The quantitative estimate of drug-likeness (QED) is 0.613. The van der Waals surface area contributed by atoms with E-state index in [0.717, 1.165) is 18.3 Å². The van der Waals surface area contributed by atoms with Gasteiger partial charge < -0.3 is 0 Å². The Morgan fingerprint density at radius 1 is 1.06 bits per heavy atom. The molecule has 96 valence electrons. The van der Waals surface area contributed by atoms with Gasteiger partial charge in [0.05, 0.1) is 0 Å². The summed E-state index contributed by atoms with van der Waals surface area (Å²) in [4.78, 5) is 12.4. The highest BCUT2D eigenvalue weighted by molar-refractivity contribution is 5.85. The molecule has 0 aromatic heterocycles. The van der Waals surface area contributed by atoms with Crippen molar-refractivity contribution in [3.8, 4) is 0 Å². The van der Waals surface area contributed by atoms with Crippen molar-refractivity contribution in [2.45, 2.75) is 65.7 Å². The maximum Gasteiger partial charge on any atom is 0.137 e. The first-order valence-electron chi connectivity index (χ1n) is 7.47. The van der Waals surface area contributed by atoms with Gasteiger partial charge in [0.1, 0.15) is 5.78 Å². The summed E-state index contributed by atoms with van der Waals surface area (Å²) in [5.41, 5.74) is 0.605. The molecule has 3 rings (SSSR count). The number of hydrogen-bond acceptors (Lipinski definition) is 1. The van der Waals surface area contributed by atoms with Gasteiger partial charge in [-0.2, -0.15) is 0 Å². The number of Topliss-reactive ketones (excluding diaryl/α,β-unsaturated/α-hetero) is 1. The highest BCUT2D eigenvalue weighted by Crippen LogP contribution is 2.67. The molecule has 0 aliphatic heterocycles. The average Bonchev–Trinajstić information content (AvgIpc) is 2.37. The number of rotatable bonds is 0. The molecule has 3 fully saturated rings. The third-order valence-electron chi connectivity index (χ3n) is 5.91. The van der Waals surface area contributed by atoms with E-state index in [1.165, 1.54) is 38.5 Å². The highest BCUT2D eigenvalue weighted by Gasteiger charge is 2.64. The summed E-state index contributed by atoms with van der Waals surface area (Å²) in [6.07, 6.45) is 8.99. The van der Waals surface area contributed by atoms with E-state index < -0.39 is 0 Å². The molecule has 17 heavy (non-hydrogen) atoms. The summed E-state index contributed by atoms with van der Waals surface area (Å²) in [5, 5.41) is 0. The van der Waals surface area contributed by atoms with Gasteiger partial charge in [-0.15, -0.1) is 0 Å². The van der Waals surface area contributed by atoms with Gasteiger partial charge in [-0.05, 0) is 41.9 Å². The lowest BCUT2D eigenvalue weighted by Crippen LogP contribution is -2.62. The summed E-state index contributed by atoms with van der Waals surface area (Å²) in [6, 6.07) is 0. The Kier molecular flexibility index (Phi) is 2.48. The molecule has 4 atom stereocenters. The van der Waals surface area contributed by atoms with E-state index in [-0.39, 0.29) is 5.41 Å². The molecule has 3 aliphatic carbocycles. The van der Waals surface area contributed by atoms with E-state index in [0.29, 0.717) is 17.1 Å². The van der Waals surface area contributed by atoms with Crippen LogP contribution in [0.2, 0.25) is 0 Å². The number of fused-ring (bicyclic) bond motifs is 4. The topological polar surface area (TPSA) is 17.1 Å². The Balaban J connectivity index is 1.90. The fourth-order valence-corrected chi connectivity index (χ4v) is 5.68. The Morgan fingerprint density at radius 2 is 1.76 bits per heavy atom. The van der Waals surface area contributed by atoms with Crippen molar-refractivity contribution in [2.75, 3.05) is 0 Å². The van der Waals surface area contributed by atoms with Crippen LogP contribution in [0.25, 0.3) is 0 Å². The summed E-state index contributed by atoms with van der Waals surface area (Å²) in [6.45, 7) is 7.00. The molecule has 3 aliphatic rings. The molecule has 0 radical (unpaired) electrons. The minimum atomic E-state index is 0.250. The van der Waals surface area contributed by atoms with Crippen molar-refractivity contribution in [1.82, 2.24) is 0 Å². The summed E-state index contributed by atoms with van der Waals surface area (Å²) < 4.78 is 0. The maximum atomic E-state index is 12.4. The van der Waals surface area contributed by atoms with Gasteiger partial charge >= 0.3 is 0 Å². The molecular weight excluding hydrogens is 208 g/mol. The minimum absolute atomic E-state index is 0.250. The second-order valence-electron chi connectivity index (χ2n) is 7.88.